The molecule has 0 aliphatic heterocycles. The third kappa shape index (κ3) is 5.54. The Labute approximate surface area is 143 Å². The van der Waals surface area contributed by atoms with Crippen LogP contribution in [0, 0.1) is 0 Å². The molecule has 0 spiro atoms. The van der Waals surface area contributed by atoms with E-state index < -0.39 is 6.10 Å². The topological polar surface area (TPSA) is 41.5 Å². The van der Waals surface area contributed by atoms with Gasteiger partial charge >= 0.3 is 0 Å². The first-order valence-electron chi connectivity index (χ1n) is 7.75. The van der Waals surface area contributed by atoms with Gasteiger partial charge in [0.25, 0.3) is 0 Å². The van der Waals surface area contributed by atoms with Crippen molar-refractivity contribution in [1.82, 2.24) is 5.32 Å². The van der Waals surface area contributed by atoms with E-state index in [1.165, 1.54) is 0 Å². The Hall–Kier alpha value is -1.55. The lowest BCUT2D eigenvalue weighted by Crippen LogP contribution is -2.38. The van der Waals surface area contributed by atoms with Gasteiger partial charge in [0.2, 0.25) is 0 Å². The number of benzene rings is 2. The Morgan fingerprint density at radius 3 is 2.43 bits per heavy atom. The number of β-amino-alcohol motifs (C(OH)–C–C–N with tert-alkyl or cyclic N) is 1. The SMILES string of the molecule is CC(C)(C)NC[C@@H](O)c1cccc(OCc2ccccc2)c1Cl. The molecule has 23 heavy (non-hydrogen) atoms. The van der Waals surface area contributed by atoms with Gasteiger partial charge in [0.05, 0.1) is 11.1 Å². The smallest absolute Gasteiger partial charge is 0.138 e. The number of aliphatic hydroxyl groups excluding tert-OH is 1. The van der Waals surface area contributed by atoms with Gasteiger partial charge in [-0.1, -0.05) is 54.1 Å². The highest BCUT2D eigenvalue weighted by Gasteiger charge is 2.17. The summed E-state index contributed by atoms with van der Waals surface area (Å²) in [4.78, 5) is 0. The molecule has 0 heterocycles. The summed E-state index contributed by atoms with van der Waals surface area (Å²) in [7, 11) is 0. The molecule has 2 aromatic rings. The van der Waals surface area contributed by atoms with Crippen molar-refractivity contribution in [3.63, 3.8) is 0 Å². The number of hydrogen-bond acceptors (Lipinski definition) is 3. The molecule has 2 rings (SSSR count). The van der Waals surface area contributed by atoms with Crippen molar-refractivity contribution in [3.05, 3.63) is 64.7 Å². The van der Waals surface area contributed by atoms with Gasteiger partial charge in [-0.3, -0.25) is 0 Å². The number of rotatable bonds is 6. The number of halogens is 1. The zero-order chi connectivity index (χ0) is 16.9. The molecule has 0 fully saturated rings. The van der Waals surface area contributed by atoms with Crippen LogP contribution >= 0.6 is 11.6 Å². The molecule has 0 unspecified atom stereocenters. The average Bonchev–Trinajstić information content (AvgIpc) is 2.52. The van der Waals surface area contributed by atoms with E-state index in [2.05, 4.69) is 26.1 Å². The van der Waals surface area contributed by atoms with Gasteiger partial charge in [0.15, 0.2) is 0 Å². The maximum absolute atomic E-state index is 10.4. The van der Waals surface area contributed by atoms with Crippen molar-refractivity contribution in [2.24, 2.45) is 0 Å². The van der Waals surface area contributed by atoms with Crippen LogP contribution < -0.4 is 10.1 Å². The average molecular weight is 334 g/mol. The predicted molar refractivity (Wildman–Crippen MR) is 94.9 cm³/mol. The maximum Gasteiger partial charge on any atom is 0.138 e. The Kier molecular flexibility index (Phi) is 6.05. The summed E-state index contributed by atoms with van der Waals surface area (Å²) < 4.78 is 5.80. The number of hydrogen-bond donors (Lipinski definition) is 2. The fourth-order valence-corrected chi connectivity index (χ4v) is 2.45. The van der Waals surface area contributed by atoms with Crippen LogP contribution in [0.2, 0.25) is 5.02 Å². The molecule has 3 nitrogen and oxygen atoms in total. The molecule has 0 aliphatic carbocycles. The largest absolute Gasteiger partial charge is 0.487 e. The molecule has 0 amide bonds. The highest BCUT2D eigenvalue weighted by atomic mass is 35.5. The lowest BCUT2D eigenvalue weighted by Gasteiger charge is -2.23. The highest BCUT2D eigenvalue weighted by Crippen LogP contribution is 2.32. The fraction of sp³-hybridized carbons (Fsp3) is 0.368. The molecule has 0 radical (unpaired) electrons. The Morgan fingerprint density at radius 2 is 1.78 bits per heavy atom. The van der Waals surface area contributed by atoms with Gasteiger partial charge < -0.3 is 15.2 Å². The van der Waals surface area contributed by atoms with E-state index in [-0.39, 0.29) is 5.54 Å². The van der Waals surface area contributed by atoms with Crippen LogP contribution in [0.25, 0.3) is 0 Å². The molecule has 0 aromatic heterocycles. The standard InChI is InChI=1S/C19H24ClNO2/c1-19(2,3)21-12-16(22)15-10-7-11-17(18(15)20)23-13-14-8-5-4-6-9-14/h4-11,16,21-22H,12-13H2,1-3H3/t16-/m1/s1. The van der Waals surface area contributed by atoms with Crippen molar-refractivity contribution in [3.8, 4) is 5.75 Å². The molecule has 124 valence electrons. The first kappa shape index (κ1) is 17.8. The highest BCUT2D eigenvalue weighted by molar-refractivity contribution is 6.32. The Bertz CT molecular complexity index is 623. The van der Waals surface area contributed by atoms with Gasteiger partial charge in [-0.2, -0.15) is 0 Å². The second kappa shape index (κ2) is 7.82. The van der Waals surface area contributed by atoms with E-state index in [1.807, 2.05) is 48.5 Å². The van der Waals surface area contributed by atoms with E-state index in [0.29, 0.717) is 29.5 Å². The third-order valence-electron chi connectivity index (χ3n) is 3.42. The van der Waals surface area contributed by atoms with Crippen LogP contribution in [0.3, 0.4) is 0 Å². The van der Waals surface area contributed by atoms with Crippen LogP contribution in [-0.4, -0.2) is 17.2 Å². The van der Waals surface area contributed by atoms with Crippen LogP contribution in [0.5, 0.6) is 5.75 Å². The number of ether oxygens (including phenoxy) is 1. The summed E-state index contributed by atoms with van der Waals surface area (Å²) >= 11 is 6.41. The summed E-state index contributed by atoms with van der Waals surface area (Å²) in [5, 5.41) is 14.1. The minimum absolute atomic E-state index is 0.0606. The molecule has 2 aromatic carbocycles. The van der Waals surface area contributed by atoms with E-state index in [4.69, 9.17) is 16.3 Å². The van der Waals surface area contributed by atoms with Crippen molar-refractivity contribution < 1.29 is 9.84 Å². The molecule has 0 aliphatic rings. The van der Waals surface area contributed by atoms with Crippen molar-refractivity contribution in [2.45, 2.75) is 39.0 Å². The lowest BCUT2D eigenvalue weighted by molar-refractivity contribution is 0.163. The molecule has 0 bridgehead atoms. The van der Waals surface area contributed by atoms with Crippen molar-refractivity contribution in [1.29, 1.82) is 0 Å². The summed E-state index contributed by atoms with van der Waals surface area (Å²) in [6.07, 6.45) is -0.679. The molecule has 1 atom stereocenters. The van der Waals surface area contributed by atoms with Crippen molar-refractivity contribution >= 4 is 11.6 Å². The zero-order valence-corrected chi connectivity index (χ0v) is 14.6. The minimum atomic E-state index is -0.679. The first-order valence-corrected chi connectivity index (χ1v) is 8.13. The van der Waals surface area contributed by atoms with Crippen LogP contribution in [0.15, 0.2) is 48.5 Å². The van der Waals surface area contributed by atoms with E-state index in [1.54, 1.807) is 0 Å². The van der Waals surface area contributed by atoms with E-state index in [9.17, 15) is 5.11 Å². The summed E-state index contributed by atoms with van der Waals surface area (Å²) in [6, 6.07) is 15.4. The lowest BCUT2D eigenvalue weighted by atomic mass is 10.1. The van der Waals surface area contributed by atoms with Gasteiger partial charge in [0, 0.05) is 17.6 Å². The molecule has 4 heteroatoms. The normalized spacial score (nSPS) is 12.9. The van der Waals surface area contributed by atoms with Gasteiger partial charge in [-0.05, 0) is 32.4 Å². The van der Waals surface area contributed by atoms with E-state index >= 15 is 0 Å². The second-order valence-corrected chi connectivity index (χ2v) is 6.96. The van der Waals surface area contributed by atoms with Crippen molar-refractivity contribution in [2.75, 3.05) is 6.54 Å². The Morgan fingerprint density at radius 1 is 1.09 bits per heavy atom. The first-order chi connectivity index (χ1) is 10.9. The molecular weight excluding hydrogens is 310 g/mol. The van der Waals surface area contributed by atoms with Gasteiger partial charge in [0.1, 0.15) is 12.4 Å². The summed E-state index contributed by atoms with van der Waals surface area (Å²) in [6.45, 7) is 7.05. The predicted octanol–water partition coefficient (Wildman–Crippen LogP) is 4.34. The third-order valence-corrected chi connectivity index (χ3v) is 3.82. The summed E-state index contributed by atoms with van der Waals surface area (Å²) in [5.74, 6) is 0.586. The molecule has 0 saturated carbocycles. The molecular formula is C19H24ClNO2. The Balaban J connectivity index is 2.05. The second-order valence-electron chi connectivity index (χ2n) is 6.58. The number of aliphatic hydroxyl groups is 1. The van der Waals surface area contributed by atoms with Gasteiger partial charge in [-0.15, -0.1) is 0 Å². The minimum Gasteiger partial charge on any atom is -0.487 e. The maximum atomic E-state index is 10.4. The van der Waals surface area contributed by atoms with Crippen LogP contribution in [0.1, 0.15) is 38.0 Å². The van der Waals surface area contributed by atoms with Crippen LogP contribution in [-0.2, 0) is 6.61 Å². The van der Waals surface area contributed by atoms with Crippen LogP contribution in [0.4, 0.5) is 0 Å². The quantitative estimate of drug-likeness (QED) is 0.826. The number of nitrogens with one attached hydrogen (secondary N) is 1. The van der Waals surface area contributed by atoms with E-state index in [0.717, 1.165) is 5.56 Å². The fourth-order valence-electron chi connectivity index (χ4n) is 2.14. The summed E-state index contributed by atoms with van der Waals surface area (Å²) in [5.41, 5.74) is 1.69. The monoisotopic (exact) mass is 333 g/mol. The van der Waals surface area contributed by atoms with Gasteiger partial charge in [-0.25, -0.2) is 0 Å². The zero-order valence-electron chi connectivity index (χ0n) is 13.8. The molecule has 0 saturated heterocycles. The molecule has 2 N–H and O–H groups in total.